The quantitative estimate of drug-likeness (QED) is 0.781. The van der Waals surface area contributed by atoms with Crippen molar-refractivity contribution >= 4 is 17.5 Å². The molecule has 0 unspecified atom stereocenters. The van der Waals surface area contributed by atoms with Gasteiger partial charge in [-0.2, -0.15) is 13.2 Å². The van der Waals surface area contributed by atoms with Gasteiger partial charge in [0.2, 0.25) is 0 Å². The number of amides is 1. The van der Waals surface area contributed by atoms with Crippen LogP contribution in [0.2, 0.25) is 5.02 Å². The zero-order valence-corrected chi connectivity index (χ0v) is 11.7. The first-order valence-corrected chi connectivity index (χ1v) is 6.67. The summed E-state index contributed by atoms with van der Waals surface area (Å²) in [6.45, 7) is -0.539. The maximum Gasteiger partial charge on any atom is 0.401 e. The summed E-state index contributed by atoms with van der Waals surface area (Å²) in [5.74, 6) is -1.25. The monoisotopic (exact) mass is 324 g/mol. The Balaban J connectivity index is 1.99. The number of benzene rings is 1. The van der Waals surface area contributed by atoms with Crippen LogP contribution in [-0.4, -0.2) is 54.6 Å². The standard InChI is InChI=1S/C13H13ClF4N2O/c14-9-1-2-11(15)10(7-9)12(21)20-5-3-19(4-6-20)8-13(16,17)18/h1-2,7H,3-6,8H2. The zero-order chi connectivity index (χ0) is 15.6. The van der Waals surface area contributed by atoms with E-state index in [1.54, 1.807) is 0 Å². The molecule has 116 valence electrons. The zero-order valence-electron chi connectivity index (χ0n) is 11.0. The van der Waals surface area contributed by atoms with Gasteiger partial charge in [0.15, 0.2) is 0 Å². The number of alkyl halides is 3. The minimum atomic E-state index is -4.26. The van der Waals surface area contributed by atoms with Crippen LogP contribution in [0.4, 0.5) is 17.6 Å². The van der Waals surface area contributed by atoms with Gasteiger partial charge in [-0.15, -0.1) is 0 Å². The van der Waals surface area contributed by atoms with E-state index in [1.807, 2.05) is 0 Å². The molecule has 0 saturated carbocycles. The summed E-state index contributed by atoms with van der Waals surface area (Å²) in [5, 5.41) is 0.232. The number of halogens is 5. The van der Waals surface area contributed by atoms with Crippen molar-refractivity contribution in [2.75, 3.05) is 32.7 Å². The highest BCUT2D eigenvalue weighted by Gasteiger charge is 2.33. The minimum absolute atomic E-state index is 0.105. The summed E-state index contributed by atoms with van der Waals surface area (Å²) in [6, 6.07) is 3.64. The summed E-state index contributed by atoms with van der Waals surface area (Å²) < 4.78 is 50.4. The third kappa shape index (κ3) is 4.31. The van der Waals surface area contributed by atoms with Crippen LogP contribution >= 0.6 is 11.6 Å². The smallest absolute Gasteiger partial charge is 0.336 e. The van der Waals surface area contributed by atoms with Crippen molar-refractivity contribution in [2.45, 2.75) is 6.18 Å². The maximum absolute atomic E-state index is 13.6. The molecule has 1 aliphatic rings. The number of piperazine rings is 1. The first-order chi connectivity index (χ1) is 9.76. The van der Waals surface area contributed by atoms with Crippen molar-refractivity contribution in [1.82, 2.24) is 9.80 Å². The molecule has 8 heteroatoms. The van der Waals surface area contributed by atoms with Crippen molar-refractivity contribution in [3.05, 3.63) is 34.6 Å². The molecule has 21 heavy (non-hydrogen) atoms. The fraction of sp³-hybridized carbons (Fsp3) is 0.462. The average molecular weight is 325 g/mol. The number of nitrogens with zero attached hydrogens (tertiary/aromatic N) is 2. The Kier molecular flexibility index (Phi) is 4.73. The van der Waals surface area contributed by atoms with E-state index in [0.29, 0.717) is 0 Å². The van der Waals surface area contributed by atoms with Crippen molar-refractivity contribution < 1.29 is 22.4 Å². The lowest BCUT2D eigenvalue weighted by molar-refractivity contribution is -0.148. The normalized spacial score (nSPS) is 17.1. The predicted octanol–water partition coefficient (Wildman–Crippen LogP) is 2.80. The number of hydrogen-bond acceptors (Lipinski definition) is 2. The second kappa shape index (κ2) is 6.19. The van der Waals surface area contributed by atoms with E-state index < -0.39 is 24.4 Å². The van der Waals surface area contributed by atoms with Gasteiger partial charge in [0, 0.05) is 31.2 Å². The molecule has 0 radical (unpaired) electrons. The molecule has 1 aliphatic heterocycles. The van der Waals surface area contributed by atoms with Gasteiger partial charge >= 0.3 is 6.18 Å². The molecule has 1 aromatic carbocycles. The van der Waals surface area contributed by atoms with Crippen molar-refractivity contribution in [2.24, 2.45) is 0 Å². The minimum Gasteiger partial charge on any atom is -0.336 e. The van der Waals surface area contributed by atoms with Gasteiger partial charge in [0.05, 0.1) is 12.1 Å². The number of carbonyl (C=O) groups is 1. The molecular weight excluding hydrogens is 312 g/mol. The number of rotatable bonds is 2. The molecule has 0 bridgehead atoms. The number of hydrogen-bond donors (Lipinski definition) is 0. The van der Waals surface area contributed by atoms with E-state index >= 15 is 0 Å². The van der Waals surface area contributed by atoms with E-state index in [0.717, 1.165) is 6.07 Å². The van der Waals surface area contributed by atoms with Crippen LogP contribution in [0, 0.1) is 5.82 Å². The number of carbonyl (C=O) groups excluding carboxylic acids is 1. The second-order valence-electron chi connectivity index (χ2n) is 4.81. The summed E-state index contributed by atoms with van der Waals surface area (Å²) in [5.41, 5.74) is -0.160. The topological polar surface area (TPSA) is 23.6 Å². The lowest BCUT2D eigenvalue weighted by atomic mass is 10.1. The molecule has 1 amide bonds. The van der Waals surface area contributed by atoms with Crippen molar-refractivity contribution in [3.8, 4) is 0 Å². The van der Waals surface area contributed by atoms with Gasteiger partial charge in [-0.3, -0.25) is 9.69 Å². The molecule has 1 heterocycles. The SMILES string of the molecule is O=C(c1cc(Cl)ccc1F)N1CCN(CC(F)(F)F)CC1. The van der Waals surface area contributed by atoms with E-state index in [2.05, 4.69) is 0 Å². The van der Waals surface area contributed by atoms with E-state index in [-0.39, 0.29) is 36.8 Å². The fourth-order valence-corrected chi connectivity index (χ4v) is 2.37. The highest BCUT2D eigenvalue weighted by atomic mass is 35.5. The summed E-state index contributed by atoms with van der Waals surface area (Å²) >= 11 is 5.72. The van der Waals surface area contributed by atoms with Crippen LogP contribution < -0.4 is 0 Å². The van der Waals surface area contributed by atoms with E-state index in [4.69, 9.17) is 11.6 Å². The van der Waals surface area contributed by atoms with Crippen LogP contribution in [-0.2, 0) is 0 Å². The molecular formula is C13H13ClF4N2O. The van der Waals surface area contributed by atoms with Gasteiger partial charge in [-0.25, -0.2) is 4.39 Å². The highest BCUT2D eigenvalue weighted by Crippen LogP contribution is 2.20. The molecule has 0 atom stereocenters. The van der Waals surface area contributed by atoms with Crippen molar-refractivity contribution in [3.63, 3.8) is 0 Å². The molecule has 3 nitrogen and oxygen atoms in total. The van der Waals surface area contributed by atoms with Gasteiger partial charge < -0.3 is 4.90 Å². The molecule has 1 saturated heterocycles. The van der Waals surface area contributed by atoms with E-state index in [1.165, 1.54) is 21.9 Å². The molecule has 0 spiro atoms. The fourth-order valence-electron chi connectivity index (χ4n) is 2.19. The van der Waals surface area contributed by atoms with Gasteiger partial charge in [-0.05, 0) is 18.2 Å². The van der Waals surface area contributed by atoms with Crippen LogP contribution in [0.5, 0.6) is 0 Å². The lowest BCUT2D eigenvalue weighted by Crippen LogP contribution is -2.51. The Bertz CT molecular complexity index is 527. The third-order valence-corrected chi connectivity index (χ3v) is 3.46. The Morgan fingerprint density at radius 2 is 1.81 bits per heavy atom. The van der Waals surface area contributed by atoms with Gasteiger partial charge in [0.25, 0.3) is 5.91 Å². The van der Waals surface area contributed by atoms with E-state index in [9.17, 15) is 22.4 Å². The maximum atomic E-state index is 13.6. The summed E-state index contributed by atoms with van der Waals surface area (Å²) in [7, 11) is 0. The highest BCUT2D eigenvalue weighted by molar-refractivity contribution is 6.31. The molecule has 0 aromatic heterocycles. The average Bonchev–Trinajstić information content (AvgIpc) is 2.40. The van der Waals surface area contributed by atoms with Crippen LogP contribution in [0.3, 0.4) is 0 Å². The Hall–Kier alpha value is -1.34. The lowest BCUT2D eigenvalue weighted by Gasteiger charge is -2.35. The Labute approximate surface area is 124 Å². The molecule has 1 fully saturated rings. The van der Waals surface area contributed by atoms with Crippen LogP contribution in [0.1, 0.15) is 10.4 Å². The molecule has 2 rings (SSSR count). The molecule has 0 aliphatic carbocycles. The van der Waals surface area contributed by atoms with Gasteiger partial charge in [0.1, 0.15) is 5.82 Å². The first kappa shape index (κ1) is 16.0. The Morgan fingerprint density at radius 1 is 1.19 bits per heavy atom. The second-order valence-corrected chi connectivity index (χ2v) is 5.24. The van der Waals surface area contributed by atoms with Crippen LogP contribution in [0.15, 0.2) is 18.2 Å². The first-order valence-electron chi connectivity index (χ1n) is 6.30. The van der Waals surface area contributed by atoms with Crippen LogP contribution in [0.25, 0.3) is 0 Å². The summed E-state index contributed by atoms with van der Waals surface area (Å²) in [6.07, 6.45) is -4.26. The van der Waals surface area contributed by atoms with Gasteiger partial charge in [-0.1, -0.05) is 11.6 Å². The van der Waals surface area contributed by atoms with Crippen molar-refractivity contribution in [1.29, 1.82) is 0 Å². The summed E-state index contributed by atoms with van der Waals surface area (Å²) in [4.78, 5) is 14.7. The Morgan fingerprint density at radius 3 is 2.38 bits per heavy atom. The molecule has 1 aromatic rings. The molecule has 0 N–H and O–H groups in total. The largest absolute Gasteiger partial charge is 0.401 e. The third-order valence-electron chi connectivity index (χ3n) is 3.22. The predicted molar refractivity (Wildman–Crippen MR) is 69.8 cm³/mol.